The number of sulfonamides is 1. The summed E-state index contributed by atoms with van der Waals surface area (Å²) in [5, 5.41) is 0. The summed E-state index contributed by atoms with van der Waals surface area (Å²) >= 11 is 1.77. The fraction of sp³-hybridized carbons (Fsp3) is 0.125. The minimum Gasteiger partial charge on any atom is -0.268 e. The smallest absolute Gasteiger partial charge is 0.264 e. The van der Waals surface area contributed by atoms with E-state index in [4.69, 9.17) is 0 Å². The molecule has 1 rings (SSSR count). The number of carbonyl (C=O) groups is 1. The summed E-state index contributed by atoms with van der Waals surface area (Å²) in [7, 11) is -3.62. The minimum atomic E-state index is -3.62. The van der Waals surface area contributed by atoms with Crippen LogP contribution in [0.4, 0.5) is 4.39 Å². The lowest BCUT2D eigenvalue weighted by Crippen LogP contribution is -2.29. The van der Waals surface area contributed by atoms with E-state index in [1.807, 2.05) is 0 Å². The van der Waals surface area contributed by atoms with Crippen molar-refractivity contribution in [3.05, 3.63) is 33.1 Å². The molecule has 1 aromatic carbocycles. The first-order valence-corrected chi connectivity index (χ1v) is 6.74. The molecule has 1 aromatic rings. The van der Waals surface area contributed by atoms with Gasteiger partial charge in [-0.3, -0.25) is 4.79 Å². The van der Waals surface area contributed by atoms with Gasteiger partial charge in [0, 0.05) is 9.13 Å². The molecule has 0 spiro atoms. The average Bonchev–Trinajstić information content (AvgIpc) is 2.06. The van der Waals surface area contributed by atoms with Crippen molar-refractivity contribution in [1.29, 1.82) is 0 Å². The molecule has 7 heteroatoms. The first-order valence-electron chi connectivity index (χ1n) is 3.77. The topological polar surface area (TPSA) is 63.2 Å². The number of carbonyl (C=O) groups excluding carboxylic acids is 1. The van der Waals surface area contributed by atoms with Crippen LogP contribution in [0, 0.1) is 9.39 Å². The van der Waals surface area contributed by atoms with Crippen molar-refractivity contribution in [2.45, 2.75) is 0 Å². The molecular formula is C8H7FINO3S. The zero-order valence-electron chi connectivity index (χ0n) is 7.62. The largest absolute Gasteiger partial charge is 0.268 e. The number of hydrogen-bond donors (Lipinski definition) is 1. The Hall–Kier alpha value is -0.700. The number of amides is 1. The average molecular weight is 343 g/mol. The zero-order valence-corrected chi connectivity index (χ0v) is 10.6. The number of nitrogens with one attached hydrogen (secondary N) is 1. The van der Waals surface area contributed by atoms with Gasteiger partial charge in [0.05, 0.1) is 6.26 Å². The second-order valence-corrected chi connectivity index (χ2v) is 5.74. The van der Waals surface area contributed by atoms with Crippen LogP contribution >= 0.6 is 22.6 Å². The summed E-state index contributed by atoms with van der Waals surface area (Å²) in [6, 6.07) is 3.74. The van der Waals surface area contributed by atoms with E-state index in [1.54, 1.807) is 27.3 Å². The molecule has 0 aliphatic carbocycles. The maximum absolute atomic E-state index is 13.0. The molecule has 0 aliphatic rings. The summed E-state index contributed by atoms with van der Waals surface area (Å²) in [6.45, 7) is 0. The Kier molecular flexibility index (Phi) is 3.66. The van der Waals surface area contributed by atoms with Gasteiger partial charge in [-0.25, -0.2) is 17.5 Å². The second-order valence-electron chi connectivity index (χ2n) is 2.83. The van der Waals surface area contributed by atoms with Crippen molar-refractivity contribution in [1.82, 2.24) is 4.72 Å². The van der Waals surface area contributed by atoms with E-state index in [0.29, 0.717) is 3.57 Å². The van der Waals surface area contributed by atoms with Crippen molar-refractivity contribution in [3.8, 4) is 0 Å². The van der Waals surface area contributed by atoms with Crippen LogP contribution in [0.15, 0.2) is 18.2 Å². The lowest BCUT2D eigenvalue weighted by molar-refractivity contribution is 0.0981. The van der Waals surface area contributed by atoms with Gasteiger partial charge in [-0.2, -0.15) is 0 Å². The van der Waals surface area contributed by atoms with Gasteiger partial charge >= 0.3 is 0 Å². The monoisotopic (exact) mass is 343 g/mol. The number of hydrogen-bond acceptors (Lipinski definition) is 3. The number of rotatable bonds is 2. The Balaban J connectivity index is 2.98. The number of halogens is 2. The molecule has 0 bridgehead atoms. The van der Waals surface area contributed by atoms with E-state index in [-0.39, 0.29) is 5.56 Å². The highest BCUT2D eigenvalue weighted by Crippen LogP contribution is 2.12. The molecule has 0 radical (unpaired) electrons. The molecule has 15 heavy (non-hydrogen) atoms. The fourth-order valence-corrected chi connectivity index (χ4v) is 1.65. The van der Waals surface area contributed by atoms with Gasteiger partial charge in [0.1, 0.15) is 5.82 Å². The van der Waals surface area contributed by atoms with Crippen molar-refractivity contribution < 1.29 is 17.6 Å². The van der Waals surface area contributed by atoms with Crippen LogP contribution < -0.4 is 4.72 Å². The zero-order chi connectivity index (χ0) is 11.6. The van der Waals surface area contributed by atoms with Crippen molar-refractivity contribution in [3.63, 3.8) is 0 Å². The van der Waals surface area contributed by atoms with Crippen molar-refractivity contribution in [2.75, 3.05) is 6.26 Å². The fourth-order valence-electron chi connectivity index (χ4n) is 0.865. The molecular weight excluding hydrogens is 336 g/mol. The third-order valence-electron chi connectivity index (χ3n) is 1.46. The van der Waals surface area contributed by atoms with E-state index in [2.05, 4.69) is 0 Å². The summed E-state index contributed by atoms with van der Waals surface area (Å²) in [6.07, 6.45) is 0.855. The highest BCUT2D eigenvalue weighted by Gasteiger charge is 2.12. The maximum Gasteiger partial charge on any atom is 0.264 e. The Morgan fingerprint density at radius 2 is 2.07 bits per heavy atom. The van der Waals surface area contributed by atoms with Crippen molar-refractivity contribution >= 4 is 38.5 Å². The highest BCUT2D eigenvalue weighted by molar-refractivity contribution is 14.1. The molecule has 0 saturated heterocycles. The van der Waals surface area contributed by atoms with Crippen LogP contribution in [0.2, 0.25) is 0 Å². The van der Waals surface area contributed by atoms with Gasteiger partial charge < -0.3 is 0 Å². The SMILES string of the molecule is CS(=O)(=O)NC(=O)c1ccc(I)c(F)c1. The molecule has 1 amide bonds. The highest BCUT2D eigenvalue weighted by atomic mass is 127. The van der Waals surface area contributed by atoms with E-state index < -0.39 is 21.7 Å². The van der Waals surface area contributed by atoms with Crippen molar-refractivity contribution in [2.24, 2.45) is 0 Å². The van der Waals surface area contributed by atoms with Gasteiger partial charge in [0.25, 0.3) is 5.91 Å². The van der Waals surface area contributed by atoms with E-state index in [0.717, 1.165) is 12.3 Å². The Morgan fingerprint density at radius 1 is 1.47 bits per heavy atom. The molecule has 82 valence electrons. The minimum absolute atomic E-state index is 0.0293. The Morgan fingerprint density at radius 3 is 2.53 bits per heavy atom. The lowest BCUT2D eigenvalue weighted by Gasteiger charge is -2.03. The third kappa shape index (κ3) is 3.74. The molecule has 0 fully saturated rings. The van der Waals surface area contributed by atoms with Crippen LogP contribution in [-0.2, 0) is 10.0 Å². The molecule has 0 heterocycles. The standard InChI is InChI=1S/C8H7FINO3S/c1-15(13,14)11-8(12)5-2-3-7(10)6(9)4-5/h2-4H,1H3,(H,11,12). The van der Waals surface area contributed by atoms with Gasteiger partial charge in [0.2, 0.25) is 10.0 Å². The first kappa shape index (κ1) is 12.4. The molecule has 0 atom stereocenters. The molecule has 4 nitrogen and oxygen atoms in total. The lowest BCUT2D eigenvalue weighted by atomic mass is 10.2. The predicted octanol–water partition coefficient (Wildman–Crippen LogP) is 1.12. The summed E-state index contributed by atoms with van der Waals surface area (Å²) in [5.74, 6) is -1.40. The van der Waals surface area contributed by atoms with Gasteiger partial charge in [-0.15, -0.1) is 0 Å². The Bertz CT molecular complexity index is 501. The quantitative estimate of drug-likeness (QED) is 0.819. The number of benzene rings is 1. The molecule has 0 aromatic heterocycles. The molecule has 0 unspecified atom stereocenters. The van der Waals surface area contributed by atoms with Crippen LogP contribution in [0.5, 0.6) is 0 Å². The molecule has 0 aliphatic heterocycles. The van der Waals surface area contributed by atoms with Crippen LogP contribution in [0.25, 0.3) is 0 Å². The van der Waals surface area contributed by atoms with E-state index in [9.17, 15) is 17.6 Å². The normalized spacial score (nSPS) is 11.1. The van der Waals surface area contributed by atoms with E-state index >= 15 is 0 Å². The van der Waals surface area contributed by atoms with Crippen LogP contribution in [0.1, 0.15) is 10.4 Å². The van der Waals surface area contributed by atoms with Gasteiger partial charge in [-0.1, -0.05) is 0 Å². The molecule has 0 saturated carbocycles. The second kappa shape index (κ2) is 4.44. The van der Waals surface area contributed by atoms with Crippen LogP contribution in [0.3, 0.4) is 0 Å². The summed E-state index contributed by atoms with van der Waals surface area (Å²) < 4.78 is 36.6. The summed E-state index contributed by atoms with van der Waals surface area (Å²) in [4.78, 5) is 11.3. The third-order valence-corrected chi connectivity index (χ3v) is 2.89. The van der Waals surface area contributed by atoms with Gasteiger partial charge in [-0.05, 0) is 40.8 Å². The predicted molar refractivity (Wildman–Crippen MR) is 61.4 cm³/mol. The first-order chi connectivity index (χ1) is 6.79. The maximum atomic E-state index is 13.0. The summed E-state index contributed by atoms with van der Waals surface area (Å²) in [5.41, 5.74) is -0.0293. The van der Waals surface area contributed by atoms with E-state index in [1.165, 1.54) is 12.1 Å². The molecule has 1 N–H and O–H groups in total. The Labute approximate surface area is 100 Å². The van der Waals surface area contributed by atoms with Crippen LogP contribution in [-0.4, -0.2) is 20.6 Å². The van der Waals surface area contributed by atoms with Gasteiger partial charge in [0.15, 0.2) is 0 Å².